The quantitative estimate of drug-likeness (QED) is 0.355. The maximum atomic E-state index is 10.6. The Morgan fingerprint density at radius 1 is 0.650 bits per heavy atom. The summed E-state index contributed by atoms with van der Waals surface area (Å²) in [5.74, 6) is -4.57. The number of hydrogen-bond acceptors (Lipinski definition) is 3. The number of carboxylic acids is 3. The maximum absolute atomic E-state index is 10.6. The Bertz CT molecular complexity index is 299. The number of hydrogen-bond donors (Lipinski definition) is 3. The summed E-state index contributed by atoms with van der Waals surface area (Å²) in [6.07, 6.45) is 7.55. The first-order chi connectivity index (χ1) is 9.45. The van der Waals surface area contributed by atoms with Gasteiger partial charge in [0.2, 0.25) is 0 Å². The van der Waals surface area contributed by atoms with Crippen molar-refractivity contribution in [2.45, 2.75) is 64.2 Å². The van der Waals surface area contributed by atoms with E-state index in [0.29, 0.717) is 12.8 Å². The van der Waals surface area contributed by atoms with Crippen molar-refractivity contribution < 1.29 is 29.7 Å². The molecule has 0 aliphatic carbocycles. The van der Waals surface area contributed by atoms with Gasteiger partial charge in [0.1, 0.15) is 0 Å². The van der Waals surface area contributed by atoms with Crippen molar-refractivity contribution in [2.24, 2.45) is 5.92 Å². The molecule has 6 heteroatoms. The smallest absolute Gasteiger partial charge is 0.317 e. The Morgan fingerprint density at radius 2 is 1.05 bits per heavy atom. The van der Waals surface area contributed by atoms with E-state index in [-0.39, 0.29) is 12.8 Å². The summed E-state index contributed by atoms with van der Waals surface area (Å²) in [4.78, 5) is 31.5. The van der Waals surface area contributed by atoms with Crippen LogP contribution in [-0.4, -0.2) is 33.2 Å². The highest BCUT2D eigenvalue weighted by molar-refractivity contribution is 5.92. The minimum absolute atomic E-state index is 0.184. The largest absolute Gasteiger partial charge is 0.481 e. The fourth-order valence-electron chi connectivity index (χ4n) is 2.04. The predicted octanol–water partition coefficient (Wildman–Crippen LogP) is 2.76. The van der Waals surface area contributed by atoms with Crippen LogP contribution in [0.5, 0.6) is 0 Å². The van der Waals surface area contributed by atoms with E-state index in [1.165, 1.54) is 0 Å². The molecule has 0 amide bonds. The molecule has 0 saturated carbocycles. The molecule has 0 aliphatic rings. The highest BCUT2D eigenvalue weighted by Crippen LogP contribution is 2.14. The van der Waals surface area contributed by atoms with Gasteiger partial charge in [0.15, 0.2) is 5.92 Å². The standard InChI is InChI=1S/C14H24O6/c15-12(16)10-8-6-4-2-1-3-5-7-9-11(13(17)18)14(19)20/h11H,1-10H2,(H,15,16)(H,17,18)(H,19,20). The number of carboxylic acid groups (broad SMARTS) is 3. The Labute approximate surface area is 118 Å². The monoisotopic (exact) mass is 288 g/mol. The fourth-order valence-corrected chi connectivity index (χ4v) is 2.04. The van der Waals surface area contributed by atoms with Crippen molar-refractivity contribution in [1.82, 2.24) is 0 Å². The lowest BCUT2D eigenvalue weighted by atomic mass is 10.00. The molecule has 20 heavy (non-hydrogen) atoms. The molecule has 0 atom stereocenters. The van der Waals surface area contributed by atoms with Gasteiger partial charge >= 0.3 is 17.9 Å². The van der Waals surface area contributed by atoms with Crippen molar-refractivity contribution in [2.75, 3.05) is 0 Å². The molecule has 0 spiro atoms. The van der Waals surface area contributed by atoms with Crippen molar-refractivity contribution in [3.05, 3.63) is 0 Å². The molecule has 0 unspecified atom stereocenters. The third-order valence-electron chi connectivity index (χ3n) is 3.23. The first-order valence-electron chi connectivity index (χ1n) is 7.12. The van der Waals surface area contributed by atoms with Crippen molar-refractivity contribution >= 4 is 17.9 Å². The lowest BCUT2D eigenvalue weighted by Crippen LogP contribution is -2.23. The second kappa shape index (κ2) is 11.3. The van der Waals surface area contributed by atoms with E-state index >= 15 is 0 Å². The van der Waals surface area contributed by atoms with Crippen molar-refractivity contribution in [3.63, 3.8) is 0 Å². The minimum atomic E-state index is -1.29. The summed E-state index contributed by atoms with van der Waals surface area (Å²) in [6.45, 7) is 0. The van der Waals surface area contributed by atoms with Crippen LogP contribution in [0.4, 0.5) is 0 Å². The predicted molar refractivity (Wildman–Crippen MR) is 72.6 cm³/mol. The van der Waals surface area contributed by atoms with E-state index < -0.39 is 23.8 Å². The molecule has 6 nitrogen and oxygen atoms in total. The molecule has 0 aliphatic heterocycles. The number of carbonyl (C=O) groups is 3. The van der Waals surface area contributed by atoms with Crippen molar-refractivity contribution in [3.8, 4) is 0 Å². The zero-order valence-corrected chi connectivity index (χ0v) is 11.7. The van der Waals surface area contributed by atoms with E-state index in [1.807, 2.05) is 0 Å². The first kappa shape index (κ1) is 18.4. The summed E-state index contributed by atoms with van der Waals surface area (Å²) in [5.41, 5.74) is 0. The molecular weight excluding hydrogens is 264 g/mol. The van der Waals surface area contributed by atoms with E-state index in [1.54, 1.807) is 0 Å². The van der Waals surface area contributed by atoms with E-state index in [4.69, 9.17) is 15.3 Å². The van der Waals surface area contributed by atoms with Gasteiger partial charge in [-0.2, -0.15) is 0 Å². The number of rotatable bonds is 13. The third kappa shape index (κ3) is 10.3. The lowest BCUT2D eigenvalue weighted by molar-refractivity contribution is -0.154. The average molecular weight is 288 g/mol. The number of unbranched alkanes of at least 4 members (excludes halogenated alkanes) is 7. The highest BCUT2D eigenvalue weighted by Gasteiger charge is 2.24. The van der Waals surface area contributed by atoms with Crippen molar-refractivity contribution in [1.29, 1.82) is 0 Å². The molecule has 116 valence electrons. The van der Waals surface area contributed by atoms with Crippen LogP contribution in [0.3, 0.4) is 0 Å². The first-order valence-corrected chi connectivity index (χ1v) is 7.12. The molecule has 0 saturated heterocycles. The van der Waals surface area contributed by atoms with Gasteiger partial charge < -0.3 is 15.3 Å². The molecule has 0 aromatic heterocycles. The van der Waals surface area contributed by atoms with Gasteiger partial charge in [0.05, 0.1) is 0 Å². The van der Waals surface area contributed by atoms with Gasteiger partial charge in [-0.15, -0.1) is 0 Å². The Kier molecular flexibility index (Phi) is 10.4. The van der Waals surface area contributed by atoms with E-state index in [9.17, 15) is 14.4 Å². The van der Waals surface area contributed by atoms with Gasteiger partial charge in [-0.1, -0.05) is 44.9 Å². The minimum Gasteiger partial charge on any atom is -0.481 e. The molecule has 0 heterocycles. The second-order valence-electron chi connectivity index (χ2n) is 4.99. The van der Waals surface area contributed by atoms with Crippen LogP contribution in [0.2, 0.25) is 0 Å². The van der Waals surface area contributed by atoms with Crippen LogP contribution in [0.1, 0.15) is 64.2 Å². The summed E-state index contributed by atoms with van der Waals surface area (Å²) >= 11 is 0. The lowest BCUT2D eigenvalue weighted by Gasteiger charge is -2.06. The van der Waals surface area contributed by atoms with Crippen LogP contribution in [0.15, 0.2) is 0 Å². The fraction of sp³-hybridized carbons (Fsp3) is 0.786. The van der Waals surface area contributed by atoms with Gasteiger partial charge in [0, 0.05) is 6.42 Å². The second-order valence-corrected chi connectivity index (χ2v) is 4.99. The van der Waals surface area contributed by atoms with Crippen LogP contribution in [-0.2, 0) is 14.4 Å². The zero-order chi connectivity index (χ0) is 15.4. The van der Waals surface area contributed by atoms with Gasteiger partial charge in [0.25, 0.3) is 0 Å². The van der Waals surface area contributed by atoms with Crippen LogP contribution < -0.4 is 0 Å². The van der Waals surface area contributed by atoms with E-state index in [2.05, 4.69) is 0 Å². The Hall–Kier alpha value is -1.59. The topological polar surface area (TPSA) is 112 Å². The molecule has 3 N–H and O–H groups in total. The Morgan fingerprint density at radius 3 is 1.45 bits per heavy atom. The maximum Gasteiger partial charge on any atom is 0.317 e. The third-order valence-corrected chi connectivity index (χ3v) is 3.23. The molecule has 0 aromatic carbocycles. The van der Waals surface area contributed by atoms with Gasteiger partial charge in [-0.25, -0.2) is 0 Å². The Balaban J connectivity index is 3.38. The molecule has 0 rings (SSSR count). The molecule has 0 radical (unpaired) electrons. The van der Waals surface area contributed by atoms with Crippen LogP contribution in [0, 0.1) is 5.92 Å². The summed E-state index contributed by atoms with van der Waals surface area (Å²) < 4.78 is 0. The summed E-state index contributed by atoms with van der Waals surface area (Å²) in [5, 5.41) is 25.8. The van der Waals surface area contributed by atoms with E-state index in [0.717, 1.165) is 38.5 Å². The molecule has 0 fully saturated rings. The molecule has 0 bridgehead atoms. The van der Waals surface area contributed by atoms with Gasteiger partial charge in [-0.3, -0.25) is 14.4 Å². The van der Waals surface area contributed by atoms with Crippen LogP contribution >= 0.6 is 0 Å². The molecular formula is C14H24O6. The average Bonchev–Trinajstić information content (AvgIpc) is 2.34. The van der Waals surface area contributed by atoms with Gasteiger partial charge in [-0.05, 0) is 12.8 Å². The highest BCUT2D eigenvalue weighted by atomic mass is 16.4. The zero-order valence-electron chi connectivity index (χ0n) is 11.7. The molecule has 0 aromatic rings. The SMILES string of the molecule is O=C(O)CCCCCCCCCCC(C(=O)O)C(=O)O. The normalized spacial score (nSPS) is 10.7. The van der Waals surface area contributed by atoms with Crippen LogP contribution in [0.25, 0.3) is 0 Å². The number of aliphatic carboxylic acids is 3. The summed E-state index contributed by atoms with van der Waals surface area (Å²) in [6, 6.07) is 0. The summed E-state index contributed by atoms with van der Waals surface area (Å²) in [7, 11) is 0.